The fraction of sp³-hybridized carbons (Fsp3) is 0.188. The van der Waals surface area contributed by atoms with Gasteiger partial charge < -0.3 is 9.47 Å². The summed E-state index contributed by atoms with van der Waals surface area (Å²) < 4.78 is 10.9. The molecule has 0 aliphatic heterocycles. The van der Waals surface area contributed by atoms with Crippen LogP contribution in [0.25, 0.3) is 0 Å². The molecule has 0 bridgehead atoms. The number of methoxy groups -OCH3 is 1. The molecule has 1 aromatic heterocycles. The van der Waals surface area contributed by atoms with Crippen molar-refractivity contribution in [2.24, 2.45) is 0 Å². The first-order chi connectivity index (χ1) is 10.5. The number of rotatable bonds is 5. The number of benzene rings is 1. The van der Waals surface area contributed by atoms with E-state index < -0.39 is 12.1 Å². The summed E-state index contributed by atoms with van der Waals surface area (Å²) in [5.74, 6) is -0.219. The third-order valence-electron chi connectivity index (χ3n) is 2.97. The molecule has 6 heteroatoms. The van der Waals surface area contributed by atoms with Gasteiger partial charge in [-0.05, 0) is 53.2 Å². The number of halogens is 1. The second-order valence-corrected chi connectivity index (χ2v) is 5.45. The van der Waals surface area contributed by atoms with Gasteiger partial charge in [0.15, 0.2) is 6.10 Å². The van der Waals surface area contributed by atoms with Crippen LogP contribution in [0.5, 0.6) is 5.75 Å². The molecule has 22 heavy (non-hydrogen) atoms. The number of esters is 1. The molecule has 0 fully saturated rings. The molecule has 1 heterocycles. The summed E-state index contributed by atoms with van der Waals surface area (Å²) >= 11 is 3.23. The number of hydrogen-bond acceptors (Lipinski definition) is 5. The van der Waals surface area contributed by atoms with E-state index >= 15 is 0 Å². The molecule has 5 nitrogen and oxygen atoms in total. The second kappa shape index (κ2) is 7.17. The zero-order valence-corrected chi connectivity index (χ0v) is 13.7. The van der Waals surface area contributed by atoms with Crippen molar-refractivity contribution in [1.82, 2.24) is 4.98 Å². The van der Waals surface area contributed by atoms with Crippen molar-refractivity contribution >= 4 is 27.7 Å². The molecule has 0 radical (unpaired) electrons. The van der Waals surface area contributed by atoms with E-state index in [9.17, 15) is 9.59 Å². The molecule has 0 unspecified atom stereocenters. The minimum atomic E-state index is -0.889. The van der Waals surface area contributed by atoms with E-state index in [0.717, 1.165) is 0 Å². The van der Waals surface area contributed by atoms with Gasteiger partial charge in [-0.3, -0.25) is 9.78 Å². The van der Waals surface area contributed by atoms with E-state index in [1.54, 1.807) is 43.6 Å². The van der Waals surface area contributed by atoms with Crippen LogP contribution in [0.2, 0.25) is 0 Å². The van der Waals surface area contributed by atoms with Crippen molar-refractivity contribution < 1.29 is 19.1 Å². The number of pyridine rings is 1. The minimum Gasteiger partial charge on any atom is -0.497 e. The zero-order chi connectivity index (χ0) is 16.1. The predicted molar refractivity (Wildman–Crippen MR) is 84.1 cm³/mol. The van der Waals surface area contributed by atoms with Gasteiger partial charge in [0.2, 0.25) is 5.78 Å². The van der Waals surface area contributed by atoms with Crippen LogP contribution in [0.4, 0.5) is 0 Å². The lowest BCUT2D eigenvalue weighted by molar-refractivity contribution is 0.0318. The van der Waals surface area contributed by atoms with Crippen LogP contribution in [0.3, 0.4) is 0 Å². The first-order valence-corrected chi connectivity index (χ1v) is 7.30. The summed E-state index contributed by atoms with van der Waals surface area (Å²) in [6, 6.07) is 8.21. The normalized spacial score (nSPS) is 11.6. The molecule has 0 saturated carbocycles. The molecule has 0 spiro atoms. The topological polar surface area (TPSA) is 65.5 Å². The van der Waals surface area contributed by atoms with Crippen molar-refractivity contribution in [2.45, 2.75) is 13.0 Å². The lowest BCUT2D eigenvalue weighted by Crippen LogP contribution is -2.24. The number of Topliss-reactive ketones (excluding diaryl/α,β-unsaturated/α-hetero) is 1. The molecule has 0 aliphatic carbocycles. The first kappa shape index (κ1) is 16.2. The summed E-state index contributed by atoms with van der Waals surface area (Å²) in [7, 11) is 1.55. The summed E-state index contributed by atoms with van der Waals surface area (Å²) in [4.78, 5) is 28.1. The third kappa shape index (κ3) is 3.92. The fourth-order valence-electron chi connectivity index (χ4n) is 1.80. The SMILES string of the molecule is COc1ccc(C(=O)[C@@H](C)OC(=O)c2cncc(Br)c2)cc1. The molecule has 0 amide bonds. The molecule has 1 atom stereocenters. The Morgan fingerprint density at radius 3 is 2.41 bits per heavy atom. The van der Waals surface area contributed by atoms with E-state index in [2.05, 4.69) is 20.9 Å². The Bertz CT molecular complexity index is 685. The Morgan fingerprint density at radius 2 is 1.82 bits per heavy atom. The van der Waals surface area contributed by atoms with E-state index in [0.29, 0.717) is 15.8 Å². The van der Waals surface area contributed by atoms with Gasteiger partial charge in [0, 0.05) is 22.4 Å². The standard InChI is InChI=1S/C16H14BrNO4/c1-10(15(19)11-3-5-14(21-2)6-4-11)22-16(20)12-7-13(17)9-18-8-12/h3-10H,1-2H3/t10-/m1/s1. The van der Waals surface area contributed by atoms with Gasteiger partial charge >= 0.3 is 5.97 Å². The molecule has 0 aliphatic rings. The zero-order valence-electron chi connectivity index (χ0n) is 12.1. The van der Waals surface area contributed by atoms with Crippen molar-refractivity contribution in [3.8, 4) is 5.75 Å². The summed E-state index contributed by atoms with van der Waals surface area (Å²) in [6.07, 6.45) is 2.06. The van der Waals surface area contributed by atoms with Crippen molar-refractivity contribution in [3.05, 3.63) is 58.3 Å². The maximum absolute atomic E-state index is 12.2. The highest BCUT2D eigenvalue weighted by Gasteiger charge is 2.20. The molecule has 0 N–H and O–H groups in total. The van der Waals surface area contributed by atoms with Gasteiger partial charge in [-0.2, -0.15) is 0 Å². The van der Waals surface area contributed by atoms with E-state index in [1.807, 2.05) is 0 Å². The maximum atomic E-state index is 12.2. The highest BCUT2D eigenvalue weighted by atomic mass is 79.9. The number of nitrogens with zero attached hydrogens (tertiary/aromatic N) is 1. The van der Waals surface area contributed by atoms with Gasteiger partial charge in [0.05, 0.1) is 12.7 Å². The molecule has 1 aromatic carbocycles. The number of carbonyl (C=O) groups is 2. The average Bonchev–Trinajstić information content (AvgIpc) is 2.54. The lowest BCUT2D eigenvalue weighted by Gasteiger charge is -2.12. The number of carbonyl (C=O) groups excluding carboxylic acids is 2. The predicted octanol–water partition coefficient (Wildman–Crippen LogP) is 3.28. The monoisotopic (exact) mass is 363 g/mol. The molecule has 114 valence electrons. The van der Waals surface area contributed by atoms with Gasteiger partial charge in [0.1, 0.15) is 5.75 Å². The number of ketones is 1. The summed E-state index contributed by atoms with van der Waals surface area (Å²) in [6.45, 7) is 1.54. The fourth-order valence-corrected chi connectivity index (χ4v) is 2.16. The maximum Gasteiger partial charge on any atom is 0.340 e. The molecule has 2 rings (SSSR count). The van der Waals surface area contributed by atoms with Crippen LogP contribution in [-0.4, -0.2) is 30.0 Å². The highest BCUT2D eigenvalue weighted by molar-refractivity contribution is 9.10. The van der Waals surface area contributed by atoms with Crippen LogP contribution in [-0.2, 0) is 4.74 Å². The number of hydrogen-bond donors (Lipinski definition) is 0. The number of aromatic nitrogens is 1. The summed E-state index contributed by atoms with van der Waals surface area (Å²) in [5.41, 5.74) is 0.734. The van der Waals surface area contributed by atoms with Gasteiger partial charge in [-0.25, -0.2) is 4.79 Å². The van der Waals surface area contributed by atoms with Gasteiger partial charge in [-0.1, -0.05) is 0 Å². The largest absolute Gasteiger partial charge is 0.497 e. The molecular weight excluding hydrogens is 350 g/mol. The van der Waals surface area contributed by atoms with Crippen LogP contribution in [0.1, 0.15) is 27.6 Å². The van der Waals surface area contributed by atoms with Crippen LogP contribution < -0.4 is 4.74 Å². The second-order valence-electron chi connectivity index (χ2n) is 4.53. The Balaban J connectivity index is 2.05. The smallest absolute Gasteiger partial charge is 0.340 e. The van der Waals surface area contributed by atoms with E-state index in [4.69, 9.17) is 9.47 Å². The van der Waals surface area contributed by atoms with Crippen LogP contribution in [0, 0.1) is 0 Å². The van der Waals surface area contributed by atoms with Crippen molar-refractivity contribution in [3.63, 3.8) is 0 Å². The molecule has 0 saturated heterocycles. The molecular formula is C16H14BrNO4. The van der Waals surface area contributed by atoms with Crippen molar-refractivity contribution in [1.29, 1.82) is 0 Å². The minimum absolute atomic E-state index is 0.279. The molecule has 2 aromatic rings. The van der Waals surface area contributed by atoms with Crippen LogP contribution >= 0.6 is 15.9 Å². The summed E-state index contributed by atoms with van der Waals surface area (Å²) in [5, 5.41) is 0. The quantitative estimate of drug-likeness (QED) is 0.602. The Morgan fingerprint density at radius 1 is 1.14 bits per heavy atom. The van der Waals surface area contributed by atoms with Gasteiger partial charge in [0.25, 0.3) is 0 Å². The highest BCUT2D eigenvalue weighted by Crippen LogP contribution is 2.15. The lowest BCUT2D eigenvalue weighted by atomic mass is 10.1. The number of ether oxygens (including phenoxy) is 2. The van der Waals surface area contributed by atoms with Crippen LogP contribution in [0.15, 0.2) is 47.2 Å². The van der Waals surface area contributed by atoms with Gasteiger partial charge in [-0.15, -0.1) is 0 Å². The third-order valence-corrected chi connectivity index (χ3v) is 3.40. The van der Waals surface area contributed by atoms with E-state index in [1.165, 1.54) is 13.1 Å². The first-order valence-electron chi connectivity index (χ1n) is 6.51. The van der Waals surface area contributed by atoms with Crippen molar-refractivity contribution in [2.75, 3.05) is 7.11 Å². The Hall–Kier alpha value is -2.21. The average molecular weight is 364 g/mol. The van der Waals surface area contributed by atoms with E-state index in [-0.39, 0.29) is 11.3 Å². The Labute approximate surface area is 136 Å². The Kier molecular flexibility index (Phi) is 5.27.